The van der Waals surface area contributed by atoms with Crippen LogP contribution in [0.25, 0.3) is 0 Å². The van der Waals surface area contributed by atoms with Crippen molar-refractivity contribution in [2.24, 2.45) is 0 Å². The maximum Gasteiger partial charge on any atom is 0.253 e. The minimum atomic E-state index is -0.495. The number of benzene rings is 1. The largest absolute Gasteiger partial charge is 0.399 e. The summed E-state index contributed by atoms with van der Waals surface area (Å²) in [6.07, 6.45) is 4.00. The number of carbonyl (C=O) groups excluding carboxylic acids is 1. The standard InChI is InChI=1S/C15H23ClN2O2/c1-3-4-5-6-9-20-11(2)15(19)18-14-8-7-12(17)10-13(14)16/h7-8,10-11H,3-6,9,17H2,1-2H3,(H,18,19). The molecule has 0 saturated heterocycles. The maximum absolute atomic E-state index is 11.9. The molecule has 1 amide bonds. The first kappa shape index (κ1) is 16.8. The number of anilines is 2. The summed E-state index contributed by atoms with van der Waals surface area (Å²) in [5, 5.41) is 3.16. The van der Waals surface area contributed by atoms with Crippen LogP contribution in [0.5, 0.6) is 0 Å². The molecule has 3 N–H and O–H groups in total. The van der Waals surface area contributed by atoms with Crippen molar-refractivity contribution in [1.29, 1.82) is 0 Å². The van der Waals surface area contributed by atoms with Crippen molar-refractivity contribution in [3.8, 4) is 0 Å². The Morgan fingerprint density at radius 2 is 2.15 bits per heavy atom. The number of halogens is 1. The zero-order valence-corrected chi connectivity index (χ0v) is 12.9. The molecule has 1 atom stereocenters. The minimum absolute atomic E-state index is 0.202. The number of hydrogen-bond donors (Lipinski definition) is 2. The van der Waals surface area contributed by atoms with E-state index < -0.39 is 6.10 Å². The Kier molecular flexibility index (Phi) is 7.41. The van der Waals surface area contributed by atoms with Gasteiger partial charge in [0.15, 0.2) is 0 Å². The lowest BCUT2D eigenvalue weighted by Crippen LogP contribution is -2.28. The molecular weight excluding hydrogens is 276 g/mol. The average Bonchev–Trinajstić information content (AvgIpc) is 2.41. The molecule has 0 aliphatic heterocycles. The summed E-state index contributed by atoms with van der Waals surface area (Å²) in [7, 11) is 0. The first-order valence-corrected chi connectivity index (χ1v) is 7.40. The van der Waals surface area contributed by atoms with Crippen LogP contribution < -0.4 is 11.1 Å². The van der Waals surface area contributed by atoms with Crippen molar-refractivity contribution in [2.45, 2.75) is 45.6 Å². The summed E-state index contributed by atoms with van der Waals surface area (Å²) in [5.41, 5.74) is 6.71. The van der Waals surface area contributed by atoms with Crippen molar-refractivity contribution in [3.05, 3.63) is 23.2 Å². The molecule has 0 heterocycles. The number of nitrogens with one attached hydrogen (secondary N) is 1. The van der Waals surface area contributed by atoms with Gasteiger partial charge in [0.25, 0.3) is 5.91 Å². The molecule has 0 radical (unpaired) electrons. The molecule has 0 aliphatic carbocycles. The average molecular weight is 299 g/mol. The number of carbonyl (C=O) groups is 1. The van der Waals surface area contributed by atoms with Crippen molar-refractivity contribution in [3.63, 3.8) is 0 Å². The van der Waals surface area contributed by atoms with Gasteiger partial charge in [0.05, 0.1) is 10.7 Å². The van der Waals surface area contributed by atoms with Crippen LogP contribution in [-0.4, -0.2) is 18.6 Å². The maximum atomic E-state index is 11.9. The molecule has 0 aromatic heterocycles. The quantitative estimate of drug-likeness (QED) is 0.566. The third-order valence-electron chi connectivity index (χ3n) is 2.99. The number of unbranched alkanes of at least 4 members (excludes halogenated alkanes) is 3. The second kappa shape index (κ2) is 8.82. The van der Waals surface area contributed by atoms with Gasteiger partial charge in [-0.15, -0.1) is 0 Å². The number of nitrogen functional groups attached to an aromatic ring is 1. The molecule has 4 nitrogen and oxygen atoms in total. The van der Waals surface area contributed by atoms with Crippen LogP contribution in [0.15, 0.2) is 18.2 Å². The fourth-order valence-electron chi connectivity index (χ4n) is 1.73. The van der Waals surface area contributed by atoms with Crippen molar-refractivity contribution in [2.75, 3.05) is 17.7 Å². The summed E-state index contributed by atoms with van der Waals surface area (Å²) < 4.78 is 5.51. The van der Waals surface area contributed by atoms with Gasteiger partial charge < -0.3 is 15.8 Å². The van der Waals surface area contributed by atoms with E-state index in [-0.39, 0.29) is 5.91 Å². The van der Waals surface area contributed by atoms with Gasteiger partial charge in [-0.25, -0.2) is 0 Å². The van der Waals surface area contributed by atoms with Gasteiger partial charge >= 0.3 is 0 Å². The van der Waals surface area contributed by atoms with Crippen LogP contribution in [0.4, 0.5) is 11.4 Å². The highest BCUT2D eigenvalue weighted by Gasteiger charge is 2.14. The topological polar surface area (TPSA) is 64.3 Å². The fraction of sp³-hybridized carbons (Fsp3) is 0.533. The molecule has 112 valence electrons. The highest BCUT2D eigenvalue weighted by molar-refractivity contribution is 6.34. The summed E-state index contributed by atoms with van der Waals surface area (Å²) in [5.74, 6) is -0.202. The van der Waals surface area contributed by atoms with E-state index >= 15 is 0 Å². The molecule has 0 fully saturated rings. The van der Waals surface area contributed by atoms with E-state index in [0.29, 0.717) is 23.0 Å². The summed E-state index contributed by atoms with van der Waals surface area (Å²) in [6, 6.07) is 4.98. The Labute approximate surface area is 125 Å². The third-order valence-corrected chi connectivity index (χ3v) is 3.30. The highest BCUT2D eigenvalue weighted by Crippen LogP contribution is 2.24. The fourth-order valence-corrected chi connectivity index (χ4v) is 1.97. The van der Waals surface area contributed by atoms with Gasteiger partial charge in [-0.05, 0) is 31.5 Å². The predicted molar refractivity (Wildman–Crippen MR) is 84.1 cm³/mol. The van der Waals surface area contributed by atoms with E-state index in [1.54, 1.807) is 25.1 Å². The second-order valence-corrected chi connectivity index (χ2v) is 5.21. The van der Waals surface area contributed by atoms with Crippen LogP contribution in [0, 0.1) is 0 Å². The molecule has 0 bridgehead atoms. The zero-order chi connectivity index (χ0) is 15.0. The smallest absolute Gasteiger partial charge is 0.253 e. The first-order valence-electron chi connectivity index (χ1n) is 7.02. The van der Waals surface area contributed by atoms with Gasteiger partial charge in [0.1, 0.15) is 6.10 Å². The van der Waals surface area contributed by atoms with Crippen molar-refractivity contribution >= 4 is 28.9 Å². The van der Waals surface area contributed by atoms with Crippen molar-refractivity contribution < 1.29 is 9.53 Å². The normalized spacial score (nSPS) is 12.2. The Morgan fingerprint density at radius 3 is 2.80 bits per heavy atom. The van der Waals surface area contributed by atoms with Crippen LogP contribution in [0.1, 0.15) is 39.5 Å². The van der Waals surface area contributed by atoms with Gasteiger partial charge in [0, 0.05) is 12.3 Å². The third kappa shape index (κ3) is 5.80. The Balaban J connectivity index is 2.37. The molecule has 1 rings (SSSR count). The monoisotopic (exact) mass is 298 g/mol. The molecular formula is C15H23ClN2O2. The molecule has 0 saturated carbocycles. The molecule has 0 spiro atoms. The lowest BCUT2D eigenvalue weighted by atomic mass is 10.2. The van der Waals surface area contributed by atoms with Crippen LogP contribution in [0.3, 0.4) is 0 Å². The lowest BCUT2D eigenvalue weighted by Gasteiger charge is -2.14. The van der Waals surface area contributed by atoms with E-state index in [1.807, 2.05) is 0 Å². The molecule has 1 unspecified atom stereocenters. The van der Waals surface area contributed by atoms with Crippen molar-refractivity contribution in [1.82, 2.24) is 0 Å². The Hall–Kier alpha value is -1.26. The number of nitrogens with two attached hydrogens (primary N) is 1. The predicted octanol–water partition coefficient (Wildman–Crippen LogP) is 3.85. The summed E-state index contributed by atoms with van der Waals surface area (Å²) >= 11 is 6.00. The summed E-state index contributed by atoms with van der Waals surface area (Å²) in [4.78, 5) is 11.9. The molecule has 0 aliphatic rings. The van der Waals surface area contributed by atoms with Gasteiger partial charge in [-0.1, -0.05) is 37.8 Å². The van der Waals surface area contributed by atoms with Crippen LogP contribution in [-0.2, 0) is 9.53 Å². The number of rotatable bonds is 8. The van der Waals surface area contributed by atoms with E-state index in [2.05, 4.69) is 12.2 Å². The van der Waals surface area contributed by atoms with E-state index in [4.69, 9.17) is 22.1 Å². The Bertz CT molecular complexity index is 438. The SMILES string of the molecule is CCCCCCOC(C)C(=O)Nc1ccc(N)cc1Cl. The number of hydrogen-bond acceptors (Lipinski definition) is 3. The van der Waals surface area contributed by atoms with E-state index in [0.717, 1.165) is 12.8 Å². The summed E-state index contributed by atoms with van der Waals surface area (Å²) in [6.45, 7) is 4.50. The minimum Gasteiger partial charge on any atom is -0.399 e. The lowest BCUT2D eigenvalue weighted by molar-refractivity contribution is -0.126. The molecule has 5 heteroatoms. The van der Waals surface area contributed by atoms with Crippen LogP contribution in [0.2, 0.25) is 5.02 Å². The van der Waals surface area contributed by atoms with Gasteiger partial charge in [-0.2, -0.15) is 0 Å². The Morgan fingerprint density at radius 1 is 1.40 bits per heavy atom. The zero-order valence-electron chi connectivity index (χ0n) is 12.1. The first-order chi connectivity index (χ1) is 9.54. The molecule has 1 aromatic rings. The van der Waals surface area contributed by atoms with E-state index in [1.165, 1.54) is 12.8 Å². The van der Waals surface area contributed by atoms with Gasteiger partial charge in [0.2, 0.25) is 0 Å². The second-order valence-electron chi connectivity index (χ2n) is 4.80. The highest BCUT2D eigenvalue weighted by atomic mass is 35.5. The van der Waals surface area contributed by atoms with Crippen LogP contribution >= 0.6 is 11.6 Å². The van der Waals surface area contributed by atoms with E-state index in [9.17, 15) is 4.79 Å². The van der Waals surface area contributed by atoms with Gasteiger partial charge in [-0.3, -0.25) is 4.79 Å². The number of amides is 1. The molecule has 20 heavy (non-hydrogen) atoms. The number of ether oxygens (including phenoxy) is 1. The molecule has 1 aromatic carbocycles.